The van der Waals surface area contributed by atoms with Gasteiger partial charge in [-0.2, -0.15) is 0 Å². The third-order valence-corrected chi connectivity index (χ3v) is 8.14. The Kier molecular flexibility index (Phi) is 7.38. The number of hydrogen-bond acceptors (Lipinski definition) is 10. The molecular weight excluding hydrogens is 500 g/mol. The fourth-order valence-corrected chi connectivity index (χ4v) is 6.21. The molecule has 0 aliphatic carbocycles. The molecule has 2 atom stereocenters. The van der Waals surface area contributed by atoms with Crippen molar-refractivity contribution >= 4 is 64.0 Å². The molecule has 2 aromatic rings. The first-order chi connectivity index (χ1) is 16.3. The number of carbonyl (C=O) groups is 3. The molecule has 0 bridgehead atoms. The van der Waals surface area contributed by atoms with E-state index < -0.39 is 29.9 Å². The molecule has 0 radical (unpaired) electrons. The van der Waals surface area contributed by atoms with Crippen molar-refractivity contribution in [3.8, 4) is 0 Å². The average molecular weight is 522 g/mol. The Morgan fingerprint density at radius 3 is 2.91 bits per heavy atom. The van der Waals surface area contributed by atoms with Crippen LogP contribution < -0.4 is 15.6 Å². The van der Waals surface area contributed by atoms with Crippen molar-refractivity contribution in [2.75, 3.05) is 17.2 Å². The van der Waals surface area contributed by atoms with Crippen LogP contribution in [-0.2, 0) is 32.9 Å². The van der Waals surface area contributed by atoms with Gasteiger partial charge in [0.15, 0.2) is 24.1 Å². The minimum Gasteiger partial charge on any atom is -0.477 e. The van der Waals surface area contributed by atoms with Crippen LogP contribution in [0.15, 0.2) is 50.6 Å². The quantitative estimate of drug-likeness (QED) is 0.142. The van der Waals surface area contributed by atoms with Gasteiger partial charge >= 0.3 is 5.97 Å². The standard InChI is InChI=1S/C20H20N6O5S3/c1-25-4-2-12(3-5-25)32-10-14-17(19(29)30)26-13(9-33-14)16(18(26)28)24-15(27)6-22-31-7-11-8-34-20(21)23-11/h2-6,8,13,16H,7,9-10H2,1H3,(H3-,21,23,24,27,29,30)/p+1/b22-6-/t13-,16+/m1/s1. The molecule has 0 spiro atoms. The maximum absolute atomic E-state index is 12.7. The van der Waals surface area contributed by atoms with E-state index in [1.54, 1.807) is 5.38 Å². The molecule has 0 saturated carbocycles. The van der Waals surface area contributed by atoms with Gasteiger partial charge < -0.3 is 21.0 Å². The topological polar surface area (TPSA) is 151 Å². The van der Waals surface area contributed by atoms with Crippen molar-refractivity contribution < 1.29 is 28.9 Å². The van der Waals surface area contributed by atoms with Crippen molar-refractivity contribution in [2.45, 2.75) is 23.6 Å². The van der Waals surface area contributed by atoms with Crippen LogP contribution in [0.25, 0.3) is 0 Å². The molecule has 4 rings (SSSR count). The SMILES string of the molecule is C[n+]1ccc(SCC2=C(C(=O)O)N3C(=O)[C@@H](NC(=O)/C=N\OCc4csc(N)n4)[C@H]3CS2)cc1. The number of carboxylic acid groups (broad SMARTS) is 1. The van der Waals surface area contributed by atoms with E-state index in [2.05, 4.69) is 15.5 Å². The largest absolute Gasteiger partial charge is 0.477 e. The Morgan fingerprint density at radius 1 is 1.47 bits per heavy atom. The van der Waals surface area contributed by atoms with Crippen LogP contribution >= 0.6 is 34.9 Å². The lowest BCUT2D eigenvalue weighted by molar-refractivity contribution is -0.671. The zero-order valence-electron chi connectivity index (χ0n) is 17.9. The maximum Gasteiger partial charge on any atom is 0.353 e. The van der Waals surface area contributed by atoms with Crippen LogP contribution in [0.5, 0.6) is 0 Å². The highest BCUT2D eigenvalue weighted by Crippen LogP contribution is 2.41. The van der Waals surface area contributed by atoms with Crippen LogP contribution in [0.4, 0.5) is 5.13 Å². The average Bonchev–Trinajstić information content (AvgIpc) is 3.24. The summed E-state index contributed by atoms with van der Waals surface area (Å²) in [6, 6.07) is 2.63. The van der Waals surface area contributed by atoms with Gasteiger partial charge in [-0.3, -0.25) is 14.5 Å². The first kappa shape index (κ1) is 24.0. The summed E-state index contributed by atoms with van der Waals surface area (Å²) in [6.45, 7) is 0.0574. The molecule has 1 fully saturated rings. The van der Waals surface area contributed by atoms with Gasteiger partial charge in [0.2, 0.25) is 0 Å². The summed E-state index contributed by atoms with van der Waals surface area (Å²) >= 11 is 4.16. The predicted octanol–water partition coefficient (Wildman–Crippen LogP) is 0.583. The molecule has 4 N–H and O–H groups in total. The first-order valence-electron chi connectivity index (χ1n) is 9.99. The number of thioether (sulfide) groups is 2. The molecule has 0 aromatic carbocycles. The van der Waals surface area contributed by atoms with Gasteiger partial charge in [-0.1, -0.05) is 5.16 Å². The third-order valence-electron chi connectivity index (χ3n) is 5.00. The Hall–Kier alpha value is -3.10. The molecule has 4 heterocycles. The highest BCUT2D eigenvalue weighted by atomic mass is 32.2. The molecule has 2 aromatic heterocycles. The number of carboxylic acids is 1. The van der Waals surface area contributed by atoms with E-state index in [-0.39, 0.29) is 12.3 Å². The van der Waals surface area contributed by atoms with E-state index in [1.165, 1.54) is 39.8 Å². The summed E-state index contributed by atoms with van der Waals surface area (Å²) < 4.78 is 1.91. The highest BCUT2D eigenvalue weighted by Gasteiger charge is 2.53. The molecule has 34 heavy (non-hydrogen) atoms. The van der Waals surface area contributed by atoms with Gasteiger partial charge in [-0.25, -0.2) is 14.3 Å². The minimum absolute atomic E-state index is 0.0229. The Balaban J connectivity index is 1.34. The maximum atomic E-state index is 12.7. The number of rotatable bonds is 9. The number of nitrogens with two attached hydrogens (primary N) is 1. The van der Waals surface area contributed by atoms with Crippen LogP contribution in [0.3, 0.4) is 0 Å². The number of aliphatic carboxylic acids is 1. The Morgan fingerprint density at radius 2 is 2.24 bits per heavy atom. The summed E-state index contributed by atoms with van der Waals surface area (Å²) in [5, 5.41) is 18.1. The lowest BCUT2D eigenvalue weighted by Crippen LogP contribution is -2.72. The van der Waals surface area contributed by atoms with Crippen molar-refractivity contribution in [3.63, 3.8) is 0 Å². The molecule has 14 heteroatoms. The summed E-state index contributed by atoms with van der Waals surface area (Å²) in [6.07, 6.45) is 4.75. The van der Waals surface area contributed by atoms with E-state index >= 15 is 0 Å². The normalized spacial score (nSPS) is 19.7. The van der Waals surface area contributed by atoms with Gasteiger partial charge in [0, 0.05) is 38.8 Å². The number of oxime groups is 1. The summed E-state index contributed by atoms with van der Waals surface area (Å²) in [4.78, 5) is 48.7. The molecule has 11 nitrogen and oxygen atoms in total. The third kappa shape index (κ3) is 5.34. The van der Waals surface area contributed by atoms with Gasteiger partial charge in [0.1, 0.15) is 25.0 Å². The molecule has 0 unspecified atom stereocenters. The van der Waals surface area contributed by atoms with Gasteiger partial charge in [0.05, 0.1) is 11.7 Å². The van der Waals surface area contributed by atoms with E-state index in [0.29, 0.717) is 27.2 Å². The van der Waals surface area contributed by atoms with Crippen LogP contribution in [0, 0.1) is 0 Å². The first-order valence-corrected chi connectivity index (χ1v) is 12.8. The monoisotopic (exact) mass is 521 g/mol. The van der Waals surface area contributed by atoms with Crippen LogP contribution in [0.1, 0.15) is 5.69 Å². The van der Waals surface area contributed by atoms with Gasteiger partial charge in [-0.15, -0.1) is 34.9 Å². The summed E-state index contributed by atoms with van der Waals surface area (Å²) in [7, 11) is 1.92. The Bertz CT molecular complexity index is 1170. The lowest BCUT2D eigenvalue weighted by atomic mass is 9.94. The van der Waals surface area contributed by atoms with E-state index in [9.17, 15) is 19.5 Å². The second-order valence-electron chi connectivity index (χ2n) is 7.32. The summed E-state index contributed by atoms with van der Waals surface area (Å²) in [5.41, 5.74) is 6.10. The zero-order chi connectivity index (χ0) is 24.2. The van der Waals surface area contributed by atoms with Crippen LogP contribution in [-0.4, -0.2) is 62.6 Å². The molecule has 1 saturated heterocycles. The van der Waals surface area contributed by atoms with Crippen molar-refractivity contribution in [3.05, 3.63) is 46.2 Å². The van der Waals surface area contributed by atoms with Gasteiger partial charge in [0.25, 0.3) is 11.8 Å². The number of hydrogen-bond donors (Lipinski definition) is 3. The number of amides is 2. The van der Waals surface area contributed by atoms with Crippen LogP contribution in [0.2, 0.25) is 0 Å². The van der Waals surface area contributed by atoms with E-state index in [0.717, 1.165) is 11.1 Å². The number of nitrogens with zero attached hydrogens (tertiary/aromatic N) is 4. The second kappa shape index (κ2) is 10.4. The number of carbonyl (C=O) groups excluding carboxylic acids is 2. The van der Waals surface area contributed by atoms with E-state index in [1.807, 2.05) is 36.1 Å². The number of anilines is 1. The number of nitrogen functional groups attached to an aromatic ring is 1. The number of aromatic nitrogens is 2. The zero-order valence-corrected chi connectivity index (χ0v) is 20.4. The van der Waals surface area contributed by atoms with Crippen molar-refractivity contribution in [2.24, 2.45) is 12.2 Å². The number of nitrogens with one attached hydrogen (secondary N) is 1. The fraction of sp³-hybridized carbons (Fsp3) is 0.300. The molecule has 178 valence electrons. The molecule has 2 aliphatic rings. The number of β-lactam (4-membered cyclic amide) rings is 1. The molecule has 2 aliphatic heterocycles. The fourth-order valence-electron chi connectivity index (χ4n) is 3.37. The number of fused-ring (bicyclic) bond motifs is 1. The molecular formula is C20H21N6O5S3+. The van der Waals surface area contributed by atoms with Crippen molar-refractivity contribution in [1.29, 1.82) is 0 Å². The Labute approximate surface area is 207 Å². The van der Waals surface area contributed by atoms with Gasteiger partial charge in [-0.05, 0) is 0 Å². The summed E-state index contributed by atoms with van der Waals surface area (Å²) in [5.74, 6) is -1.32. The number of aryl methyl sites for hydroxylation is 1. The number of thiazole rings is 1. The minimum atomic E-state index is -1.16. The highest BCUT2D eigenvalue weighted by molar-refractivity contribution is 8.06. The smallest absolute Gasteiger partial charge is 0.353 e. The second-order valence-corrected chi connectivity index (χ2v) is 10.4. The predicted molar refractivity (Wildman–Crippen MR) is 128 cm³/mol. The van der Waals surface area contributed by atoms with E-state index in [4.69, 9.17) is 10.6 Å². The number of pyridine rings is 1. The van der Waals surface area contributed by atoms with Crippen molar-refractivity contribution in [1.82, 2.24) is 15.2 Å². The lowest BCUT2D eigenvalue weighted by Gasteiger charge is -2.49. The molecule has 2 amide bonds.